The van der Waals surface area contributed by atoms with Gasteiger partial charge in [0, 0.05) is 31.6 Å². The Morgan fingerprint density at radius 2 is 2.09 bits per heavy atom. The summed E-state index contributed by atoms with van der Waals surface area (Å²) >= 11 is 0. The van der Waals surface area contributed by atoms with Gasteiger partial charge in [-0.2, -0.15) is 22.7 Å². The molecule has 7 nitrogen and oxygen atoms in total. The van der Waals surface area contributed by atoms with Crippen LogP contribution >= 0.6 is 0 Å². The summed E-state index contributed by atoms with van der Waals surface area (Å²) in [5.41, 5.74) is 1.35. The maximum atomic E-state index is 11.9. The molecule has 0 fully saturated rings. The number of hydrogen-bond donors (Lipinski definition) is 1. The summed E-state index contributed by atoms with van der Waals surface area (Å²) < 4.78 is 32.6. The number of aromatic nitrogens is 1. The highest BCUT2D eigenvalue weighted by atomic mass is 32.2. The van der Waals surface area contributed by atoms with Gasteiger partial charge in [0.15, 0.2) is 5.76 Å². The summed E-state index contributed by atoms with van der Waals surface area (Å²) in [5, 5.41) is 12.3. The first-order valence-corrected chi connectivity index (χ1v) is 8.06. The molecule has 1 aromatic heterocycles. The van der Waals surface area contributed by atoms with Crippen LogP contribution in [0.25, 0.3) is 11.3 Å². The van der Waals surface area contributed by atoms with E-state index in [2.05, 4.69) is 9.88 Å². The number of nitrogens with one attached hydrogen (secondary N) is 1. The average Bonchev–Trinajstić information content (AvgIpc) is 3.00. The Bertz CT molecular complexity index is 750. The molecule has 0 unspecified atom stereocenters. The van der Waals surface area contributed by atoms with E-state index in [1.165, 1.54) is 7.05 Å². The predicted octanol–water partition coefficient (Wildman–Crippen LogP) is 1.52. The molecule has 1 aromatic carbocycles. The lowest BCUT2D eigenvalue weighted by Gasteiger charge is -2.15. The second-order valence-corrected chi connectivity index (χ2v) is 6.47. The lowest BCUT2D eigenvalue weighted by Crippen LogP contribution is -2.38. The molecule has 0 bridgehead atoms. The van der Waals surface area contributed by atoms with E-state index in [1.807, 2.05) is 36.4 Å². The third kappa shape index (κ3) is 4.14. The molecule has 1 N–H and O–H groups in total. The van der Waals surface area contributed by atoms with Crippen molar-refractivity contribution in [2.45, 2.75) is 13.0 Å². The molecule has 0 aliphatic rings. The third-order valence-electron chi connectivity index (χ3n) is 3.00. The van der Waals surface area contributed by atoms with Crippen molar-refractivity contribution < 1.29 is 12.9 Å². The van der Waals surface area contributed by atoms with Crippen molar-refractivity contribution in [3.63, 3.8) is 0 Å². The molecule has 2 aromatic rings. The van der Waals surface area contributed by atoms with Gasteiger partial charge < -0.3 is 4.52 Å². The number of hydrogen-bond acceptors (Lipinski definition) is 5. The van der Waals surface area contributed by atoms with E-state index in [4.69, 9.17) is 9.78 Å². The largest absolute Gasteiger partial charge is 0.356 e. The van der Waals surface area contributed by atoms with Crippen molar-refractivity contribution in [3.8, 4) is 17.4 Å². The number of rotatable bonds is 7. The zero-order valence-corrected chi connectivity index (χ0v) is 12.9. The molecular weight excluding hydrogens is 304 g/mol. The van der Waals surface area contributed by atoms with Gasteiger partial charge in [-0.15, -0.1) is 0 Å². The van der Waals surface area contributed by atoms with Crippen LogP contribution in [0.1, 0.15) is 12.1 Å². The van der Waals surface area contributed by atoms with E-state index in [1.54, 1.807) is 6.07 Å². The molecule has 22 heavy (non-hydrogen) atoms. The minimum Gasteiger partial charge on any atom is -0.356 e. The zero-order valence-electron chi connectivity index (χ0n) is 12.1. The van der Waals surface area contributed by atoms with Crippen LogP contribution in [0.4, 0.5) is 0 Å². The first-order valence-electron chi connectivity index (χ1n) is 6.62. The smallest absolute Gasteiger partial charge is 0.279 e. The molecule has 0 spiro atoms. The molecule has 0 amide bonds. The maximum Gasteiger partial charge on any atom is 0.279 e. The lowest BCUT2D eigenvalue weighted by molar-refractivity contribution is 0.420. The standard InChI is InChI=1S/C14H16N4O3S/c1-18(9-5-8-15)22(19,20)16-11-13-10-14(21-17-13)12-6-3-2-4-7-12/h2-4,6-7,10,16H,5,9,11H2,1H3. The molecule has 0 radical (unpaired) electrons. The Morgan fingerprint density at radius 3 is 2.77 bits per heavy atom. The molecule has 0 saturated heterocycles. The van der Waals surface area contributed by atoms with Crippen molar-refractivity contribution in [2.24, 2.45) is 0 Å². The minimum atomic E-state index is -3.64. The van der Waals surface area contributed by atoms with Gasteiger partial charge in [-0.05, 0) is 0 Å². The maximum absolute atomic E-state index is 11.9. The van der Waals surface area contributed by atoms with Crippen LogP contribution in [0.5, 0.6) is 0 Å². The van der Waals surface area contributed by atoms with Gasteiger partial charge in [0.25, 0.3) is 10.2 Å². The summed E-state index contributed by atoms with van der Waals surface area (Å²) in [4.78, 5) is 0. The first-order chi connectivity index (χ1) is 10.5. The molecule has 0 saturated carbocycles. The Kier molecular flexibility index (Phi) is 5.27. The Balaban J connectivity index is 1.98. The summed E-state index contributed by atoms with van der Waals surface area (Å²) in [6, 6.07) is 13.0. The minimum absolute atomic E-state index is 0.0234. The number of nitriles is 1. The van der Waals surface area contributed by atoms with Crippen LogP contribution in [-0.4, -0.2) is 31.5 Å². The number of nitrogens with zero attached hydrogens (tertiary/aromatic N) is 3. The van der Waals surface area contributed by atoms with Gasteiger partial charge >= 0.3 is 0 Å². The van der Waals surface area contributed by atoms with E-state index in [-0.39, 0.29) is 19.5 Å². The van der Waals surface area contributed by atoms with E-state index in [0.717, 1.165) is 9.87 Å². The van der Waals surface area contributed by atoms with Gasteiger partial charge in [-0.3, -0.25) is 0 Å². The average molecular weight is 320 g/mol. The molecule has 2 rings (SSSR count). The SMILES string of the molecule is CN(CCC#N)S(=O)(=O)NCc1cc(-c2ccccc2)on1. The molecule has 8 heteroatoms. The topological polar surface area (TPSA) is 99.2 Å². The fourth-order valence-corrected chi connectivity index (χ4v) is 2.62. The summed E-state index contributed by atoms with van der Waals surface area (Å²) in [5.74, 6) is 0.577. The van der Waals surface area contributed by atoms with Gasteiger partial charge in [-0.25, -0.2) is 0 Å². The van der Waals surface area contributed by atoms with E-state index in [0.29, 0.717) is 11.5 Å². The molecule has 116 valence electrons. The van der Waals surface area contributed by atoms with Crippen LogP contribution in [0.15, 0.2) is 40.9 Å². The van der Waals surface area contributed by atoms with Crippen molar-refractivity contribution in [1.82, 2.24) is 14.2 Å². The zero-order chi connectivity index (χ0) is 16.0. The van der Waals surface area contributed by atoms with Crippen molar-refractivity contribution >= 4 is 10.2 Å². The first kappa shape index (κ1) is 16.2. The molecule has 1 heterocycles. The summed E-state index contributed by atoms with van der Waals surface area (Å²) in [6.07, 6.45) is 0.138. The highest BCUT2D eigenvalue weighted by molar-refractivity contribution is 7.87. The fraction of sp³-hybridized carbons (Fsp3) is 0.286. The van der Waals surface area contributed by atoms with Gasteiger partial charge in [0.05, 0.1) is 18.3 Å². The van der Waals surface area contributed by atoms with Gasteiger partial charge in [0.1, 0.15) is 0 Å². The van der Waals surface area contributed by atoms with Crippen LogP contribution in [0.3, 0.4) is 0 Å². The Hall–Kier alpha value is -2.21. The second kappa shape index (κ2) is 7.17. The fourth-order valence-electron chi connectivity index (χ4n) is 1.74. The molecular formula is C14H16N4O3S. The van der Waals surface area contributed by atoms with Crippen LogP contribution in [-0.2, 0) is 16.8 Å². The summed E-state index contributed by atoms with van der Waals surface area (Å²) in [6.45, 7) is 0.162. The predicted molar refractivity (Wildman–Crippen MR) is 80.6 cm³/mol. The van der Waals surface area contributed by atoms with Crippen LogP contribution < -0.4 is 4.72 Å². The van der Waals surface area contributed by atoms with Gasteiger partial charge in [-0.1, -0.05) is 35.5 Å². The van der Waals surface area contributed by atoms with Crippen LogP contribution in [0, 0.1) is 11.3 Å². The number of benzene rings is 1. The van der Waals surface area contributed by atoms with Crippen molar-refractivity contribution in [2.75, 3.05) is 13.6 Å². The monoisotopic (exact) mass is 320 g/mol. The molecule has 0 aliphatic carbocycles. The van der Waals surface area contributed by atoms with Crippen LogP contribution in [0.2, 0.25) is 0 Å². The molecule has 0 atom stereocenters. The highest BCUT2D eigenvalue weighted by Crippen LogP contribution is 2.19. The second-order valence-electron chi connectivity index (χ2n) is 4.60. The van der Waals surface area contributed by atoms with Crippen molar-refractivity contribution in [1.29, 1.82) is 5.26 Å². The van der Waals surface area contributed by atoms with E-state index < -0.39 is 10.2 Å². The highest BCUT2D eigenvalue weighted by Gasteiger charge is 2.17. The molecule has 0 aliphatic heterocycles. The van der Waals surface area contributed by atoms with E-state index >= 15 is 0 Å². The van der Waals surface area contributed by atoms with E-state index in [9.17, 15) is 8.42 Å². The lowest BCUT2D eigenvalue weighted by atomic mass is 10.2. The Labute approximate surface area is 129 Å². The quantitative estimate of drug-likeness (QED) is 0.834. The third-order valence-corrected chi connectivity index (χ3v) is 4.51. The Morgan fingerprint density at radius 1 is 1.36 bits per heavy atom. The summed E-state index contributed by atoms with van der Waals surface area (Å²) in [7, 11) is -2.22. The normalized spacial score (nSPS) is 11.5. The van der Waals surface area contributed by atoms with Crippen molar-refractivity contribution in [3.05, 3.63) is 42.1 Å². The van der Waals surface area contributed by atoms with Gasteiger partial charge in [0.2, 0.25) is 0 Å².